The second kappa shape index (κ2) is 5.21. The number of hydrogen-bond donors (Lipinski definition) is 1. The second-order valence-corrected chi connectivity index (χ2v) is 4.48. The van der Waals surface area contributed by atoms with Crippen LogP contribution in [0.1, 0.15) is 36.0 Å². The molecular formula is C14H18O3. The van der Waals surface area contributed by atoms with E-state index in [0.717, 1.165) is 24.2 Å². The fourth-order valence-electron chi connectivity index (χ4n) is 2.58. The first-order valence-corrected chi connectivity index (χ1v) is 6.12. The van der Waals surface area contributed by atoms with Crippen molar-refractivity contribution in [2.24, 2.45) is 0 Å². The van der Waals surface area contributed by atoms with Crippen LogP contribution in [0, 0.1) is 0 Å². The van der Waals surface area contributed by atoms with E-state index in [1.54, 1.807) is 7.11 Å². The van der Waals surface area contributed by atoms with Gasteiger partial charge in [0, 0.05) is 6.42 Å². The number of aryl methyl sites for hydroxylation is 1. The molecule has 3 heteroatoms. The monoisotopic (exact) mass is 234 g/mol. The van der Waals surface area contributed by atoms with Crippen LogP contribution in [-0.4, -0.2) is 18.2 Å². The van der Waals surface area contributed by atoms with Gasteiger partial charge in [0.25, 0.3) is 0 Å². The number of ether oxygens (including phenoxy) is 1. The first-order valence-electron chi connectivity index (χ1n) is 6.12. The van der Waals surface area contributed by atoms with Crippen LogP contribution in [0.4, 0.5) is 0 Å². The Hall–Kier alpha value is -1.51. The Balaban J connectivity index is 2.34. The van der Waals surface area contributed by atoms with Crippen LogP contribution >= 0.6 is 0 Å². The summed E-state index contributed by atoms with van der Waals surface area (Å²) >= 11 is 0. The smallest absolute Gasteiger partial charge is 0.303 e. The Bertz CT molecular complexity index is 424. The highest BCUT2D eigenvalue weighted by Crippen LogP contribution is 2.31. The number of hydrogen-bond acceptors (Lipinski definition) is 2. The van der Waals surface area contributed by atoms with Crippen molar-refractivity contribution in [3.8, 4) is 5.75 Å². The van der Waals surface area contributed by atoms with E-state index in [9.17, 15) is 4.79 Å². The molecule has 0 fully saturated rings. The highest BCUT2D eigenvalue weighted by molar-refractivity contribution is 5.67. The molecule has 1 N–H and O–H groups in total. The third-order valence-electron chi connectivity index (χ3n) is 3.42. The fourth-order valence-corrected chi connectivity index (χ4v) is 2.58. The van der Waals surface area contributed by atoms with Crippen molar-refractivity contribution in [2.75, 3.05) is 7.11 Å². The lowest BCUT2D eigenvalue weighted by Gasteiger charge is -2.21. The Morgan fingerprint density at radius 1 is 1.35 bits per heavy atom. The molecule has 3 nitrogen and oxygen atoms in total. The van der Waals surface area contributed by atoms with E-state index in [1.807, 2.05) is 6.07 Å². The van der Waals surface area contributed by atoms with E-state index in [4.69, 9.17) is 9.84 Å². The quantitative estimate of drug-likeness (QED) is 0.871. The van der Waals surface area contributed by atoms with Gasteiger partial charge in [-0.15, -0.1) is 0 Å². The number of benzene rings is 1. The van der Waals surface area contributed by atoms with Crippen LogP contribution < -0.4 is 4.74 Å². The minimum absolute atomic E-state index is 0.173. The van der Waals surface area contributed by atoms with E-state index < -0.39 is 5.97 Å². The molecule has 0 heterocycles. The van der Waals surface area contributed by atoms with Crippen molar-refractivity contribution in [3.63, 3.8) is 0 Å². The third kappa shape index (κ3) is 2.60. The number of fused-ring (bicyclic) bond motifs is 1. The summed E-state index contributed by atoms with van der Waals surface area (Å²) in [5.41, 5.74) is 3.81. The van der Waals surface area contributed by atoms with Crippen LogP contribution in [0.15, 0.2) is 12.1 Å². The van der Waals surface area contributed by atoms with E-state index in [2.05, 4.69) is 6.07 Å². The van der Waals surface area contributed by atoms with Crippen LogP contribution in [0.25, 0.3) is 0 Å². The summed E-state index contributed by atoms with van der Waals surface area (Å²) in [6, 6.07) is 4.10. The number of rotatable bonds is 4. The second-order valence-electron chi connectivity index (χ2n) is 4.48. The molecule has 0 amide bonds. The van der Waals surface area contributed by atoms with Crippen LogP contribution in [0.3, 0.4) is 0 Å². The zero-order valence-corrected chi connectivity index (χ0v) is 10.2. The van der Waals surface area contributed by atoms with Crippen molar-refractivity contribution >= 4 is 5.97 Å². The van der Waals surface area contributed by atoms with Gasteiger partial charge in [0.1, 0.15) is 5.75 Å². The number of carbonyl (C=O) groups is 1. The molecule has 1 aliphatic carbocycles. The summed E-state index contributed by atoms with van der Waals surface area (Å²) < 4.78 is 5.35. The molecule has 0 unspecified atom stereocenters. The van der Waals surface area contributed by atoms with Crippen molar-refractivity contribution in [1.82, 2.24) is 0 Å². The molecule has 0 aromatic heterocycles. The van der Waals surface area contributed by atoms with Crippen molar-refractivity contribution < 1.29 is 14.6 Å². The van der Waals surface area contributed by atoms with Gasteiger partial charge >= 0.3 is 5.97 Å². The van der Waals surface area contributed by atoms with Gasteiger partial charge in [-0.25, -0.2) is 0 Å². The van der Waals surface area contributed by atoms with Crippen LogP contribution in [0.2, 0.25) is 0 Å². The molecule has 0 bridgehead atoms. The fraction of sp³-hybridized carbons (Fsp3) is 0.500. The van der Waals surface area contributed by atoms with Crippen LogP contribution in [-0.2, 0) is 24.1 Å². The topological polar surface area (TPSA) is 46.5 Å². The average Bonchev–Trinajstić information content (AvgIpc) is 2.35. The Morgan fingerprint density at radius 3 is 2.82 bits per heavy atom. The molecule has 0 radical (unpaired) electrons. The van der Waals surface area contributed by atoms with Gasteiger partial charge < -0.3 is 9.84 Å². The summed E-state index contributed by atoms with van der Waals surface area (Å²) in [6.45, 7) is 0. The van der Waals surface area contributed by atoms with Gasteiger partial charge in [-0.05, 0) is 54.9 Å². The molecule has 2 rings (SSSR count). The maximum atomic E-state index is 10.7. The highest BCUT2D eigenvalue weighted by Gasteiger charge is 2.17. The molecule has 17 heavy (non-hydrogen) atoms. The molecule has 0 aliphatic heterocycles. The maximum absolute atomic E-state index is 10.7. The van der Waals surface area contributed by atoms with Gasteiger partial charge in [0.15, 0.2) is 0 Å². The molecule has 0 atom stereocenters. The normalized spacial score (nSPS) is 14.2. The standard InChI is InChI=1S/C14H18O3/c1-17-13-8-6-10-4-2-3-5-11(10)12(13)7-9-14(15)16/h6,8H,2-5,7,9H2,1H3,(H,15,16). The van der Waals surface area contributed by atoms with Gasteiger partial charge in [-0.1, -0.05) is 6.07 Å². The van der Waals surface area contributed by atoms with E-state index in [-0.39, 0.29) is 6.42 Å². The minimum Gasteiger partial charge on any atom is -0.496 e. The molecule has 1 aromatic carbocycles. The first-order chi connectivity index (χ1) is 8.22. The van der Waals surface area contributed by atoms with Crippen molar-refractivity contribution in [1.29, 1.82) is 0 Å². The lowest BCUT2D eigenvalue weighted by molar-refractivity contribution is -0.136. The largest absolute Gasteiger partial charge is 0.496 e. The van der Waals surface area contributed by atoms with Gasteiger partial charge in [-0.3, -0.25) is 4.79 Å². The molecule has 92 valence electrons. The number of carboxylic acid groups (broad SMARTS) is 1. The summed E-state index contributed by atoms with van der Waals surface area (Å²) in [5.74, 6) is 0.0902. The van der Waals surface area contributed by atoms with Crippen molar-refractivity contribution in [2.45, 2.75) is 38.5 Å². The van der Waals surface area contributed by atoms with E-state index in [0.29, 0.717) is 6.42 Å². The number of carboxylic acids is 1. The van der Waals surface area contributed by atoms with Gasteiger partial charge in [0.05, 0.1) is 7.11 Å². The first kappa shape index (κ1) is 12.0. The summed E-state index contributed by atoms with van der Waals surface area (Å²) in [5, 5.41) is 8.80. The molecule has 0 spiro atoms. The lowest BCUT2D eigenvalue weighted by Crippen LogP contribution is -2.09. The SMILES string of the molecule is COc1ccc2c(c1CCC(=O)O)CCCC2. The zero-order valence-electron chi connectivity index (χ0n) is 10.2. The molecule has 0 saturated carbocycles. The molecule has 1 aromatic rings. The predicted octanol–water partition coefficient (Wildman–Crippen LogP) is 2.59. The van der Waals surface area contributed by atoms with Gasteiger partial charge in [-0.2, -0.15) is 0 Å². The minimum atomic E-state index is -0.750. The summed E-state index contributed by atoms with van der Waals surface area (Å²) in [4.78, 5) is 10.7. The Kier molecular flexibility index (Phi) is 3.67. The molecular weight excluding hydrogens is 216 g/mol. The highest BCUT2D eigenvalue weighted by atomic mass is 16.5. The third-order valence-corrected chi connectivity index (χ3v) is 3.42. The maximum Gasteiger partial charge on any atom is 0.303 e. The number of methoxy groups -OCH3 is 1. The van der Waals surface area contributed by atoms with Crippen LogP contribution in [0.5, 0.6) is 5.75 Å². The average molecular weight is 234 g/mol. The molecule has 0 saturated heterocycles. The summed E-state index contributed by atoms with van der Waals surface area (Å²) in [6.07, 6.45) is 5.34. The Labute approximate surface area is 101 Å². The predicted molar refractivity (Wildman–Crippen MR) is 65.6 cm³/mol. The zero-order chi connectivity index (χ0) is 12.3. The molecule has 1 aliphatic rings. The van der Waals surface area contributed by atoms with Gasteiger partial charge in [0.2, 0.25) is 0 Å². The van der Waals surface area contributed by atoms with E-state index in [1.165, 1.54) is 24.0 Å². The Morgan fingerprint density at radius 2 is 2.12 bits per heavy atom. The summed E-state index contributed by atoms with van der Waals surface area (Å²) in [7, 11) is 1.65. The van der Waals surface area contributed by atoms with E-state index >= 15 is 0 Å². The number of aliphatic carboxylic acids is 1. The lowest BCUT2D eigenvalue weighted by atomic mass is 9.86. The van der Waals surface area contributed by atoms with Crippen molar-refractivity contribution in [3.05, 3.63) is 28.8 Å².